The lowest BCUT2D eigenvalue weighted by atomic mass is 10.0. The summed E-state index contributed by atoms with van der Waals surface area (Å²) in [5.41, 5.74) is 1.32. The van der Waals surface area contributed by atoms with E-state index < -0.39 is 0 Å². The lowest BCUT2D eigenvalue weighted by Crippen LogP contribution is -2.42. The molecule has 0 aromatic carbocycles. The van der Waals surface area contributed by atoms with Crippen molar-refractivity contribution < 1.29 is 0 Å². The zero-order valence-corrected chi connectivity index (χ0v) is 15.2. The quantitative estimate of drug-likeness (QED) is 0.846. The first-order chi connectivity index (χ1) is 12.1. The van der Waals surface area contributed by atoms with Crippen LogP contribution in [0.5, 0.6) is 0 Å². The van der Waals surface area contributed by atoms with Gasteiger partial charge in [-0.1, -0.05) is 11.6 Å². The third-order valence-corrected chi connectivity index (χ3v) is 4.97. The van der Waals surface area contributed by atoms with Gasteiger partial charge in [-0.3, -0.25) is 0 Å². The second kappa shape index (κ2) is 7.72. The number of hydrogen-bond acceptors (Lipinski definition) is 7. The molecular weight excluding hydrogens is 338 g/mol. The second-order valence-corrected chi connectivity index (χ2v) is 6.83. The predicted molar refractivity (Wildman–Crippen MR) is 97.6 cm³/mol. The van der Waals surface area contributed by atoms with Gasteiger partial charge in [-0.2, -0.15) is 5.26 Å². The van der Waals surface area contributed by atoms with Crippen LogP contribution in [0.25, 0.3) is 0 Å². The van der Waals surface area contributed by atoms with Crippen molar-refractivity contribution in [2.45, 2.75) is 18.9 Å². The van der Waals surface area contributed by atoms with Crippen molar-refractivity contribution in [1.29, 1.82) is 5.26 Å². The van der Waals surface area contributed by atoms with Gasteiger partial charge < -0.3 is 20.4 Å². The van der Waals surface area contributed by atoms with Crippen LogP contribution >= 0.6 is 11.6 Å². The number of nitriles is 1. The molecule has 8 heteroatoms. The fourth-order valence-corrected chi connectivity index (χ4v) is 3.32. The summed E-state index contributed by atoms with van der Waals surface area (Å²) >= 11 is 6.46. The Morgan fingerprint density at radius 3 is 2.76 bits per heavy atom. The summed E-state index contributed by atoms with van der Waals surface area (Å²) in [6.07, 6.45) is 7.25. The van der Waals surface area contributed by atoms with Crippen LogP contribution < -0.4 is 10.6 Å². The Balaban J connectivity index is 1.71. The number of piperidine rings is 1. The molecule has 3 heterocycles. The molecule has 0 unspecified atom stereocenters. The Morgan fingerprint density at radius 1 is 1.36 bits per heavy atom. The molecule has 2 aliphatic rings. The van der Waals surface area contributed by atoms with Gasteiger partial charge in [-0.15, -0.1) is 0 Å². The van der Waals surface area contributed by atoms with E-state index in [4.69, 9.17) is 16.9 Å². The molecule has 0 aliphatic carbocycles. The molecule has 0 atom stereocenters. The van der Waals surface area contributed by atoms with Crippen molar-refractivity contribution in [3.05, 3.63) is 40.7 Å². The fraction of sp³-hybridized carbons (Fsp3) is 0.471. The third-order valence-electron chi connectivity index (χ3n) is 4.64. The molecule has 2 aliphatic heterocycles. The van der Waals surface area contributed by atoms with Crippen molar-refractivity contribution in [2.24, 2.45) is 0 Å². The molecule has 0 spiro atoms. The minimum absolute atomic E-state index is 0.293. The largest absolute Gasteiger partial charge is 0.370 e. The van der Waals surface area contributed by atoms with Gasteiger partial charge in [0.1, 0.15) is 17.7 Å². The molecule has 0 saturated carbocycles. The van der Waals surface area contributed by atoms with Crippen LogP contribution in [0.4, 0.5) is 5.82 Å². The average molecular weight is 360 g/mol. The van der Waals surface area contributed by atoms with E-state index in [1.165, 1.54) is 6.20 Å². The Kier molecular flexibility index (Phi) is 5.41. The third kappa shape index (κ3) is 4.21. The molecule has 0 amide bonds. The number of likely N-dealkylation sites (tertiary alicyclic amines) is 1. The average Bonchev–Trinajstić information content (AvgIpc) is 2.64. The number of dihydropyridines is 1. The van der Waals surface area contributed by atoms with Crippen molar-refractivity contribution in [3.63, 3.8) is 0 Å². The van der Waals surface area contributed by atoms with E-state index in [1.807, 2.05) is 12.1 Å². The van der Waals surface area contributed by atoms with E-state index in [9.17, 15) is 0 Å². The van der Waals surface area contributed by atoms with Crippen LogP contribution in [0.1, 0.15) is 18.5 Å². The van der Waals surface area contributed by atoms with Gasteiger partial charge in [0.2, 0.25) is 0 Å². The predicted octanol–water partition coefficient (Wildman–Crippen LogP) is 1.68. The number of nitrogens with zero attached hydrogens (tertiary/aromatic N) is 5. The fourth-order valence-electron chi connectivity index (χ4n) is 3.07. The van der Waals surface area contributed by atoms with Gasteiger partial charge >= 0.3 is 0 Å². The van der Waals surface area contributed by atoms with Gasteiger partial charge in [0.15, 0.2) is 5.69 Å². The van der Waals surface area contributed by atoms with Crippen LogP contribution in [0.2, 0.25) is 0 Å². The van der Waals surface area contributed by atoms with E-state index in [-0.39, 0.29) is 0 Å². The highest BCUT2D eigenvalue weighted by molar-refractivity contribution is 6.30. The van der Waals surface area contributed by atoms with Gasteiger partial charge in [0.05, 0.1) is 29.7 Å². The molecule has 25 heavy (non-hydrogen) atoms. The molecular formula is C17H22ClN7. The lowest BCUT2D eigenvalue weighted by molar-refractivity contribution is 0.172. The standard InChI is InChI=1S/C17H22ClN7/c1-24-5-3-13(4-6-24)25(2)15-7-16(22-10-14(15)18)23-17-11-20-12(8-19)9-21-17/h7,9,11,13,22H,3-6,10H2,1-2H3,(H,21,23). The maximum atomic E-state index is 8.79. The zero-order valence-electron chi connectivity index (χ0n) is 14.5. The summed E-state index contributed by atoms with van der Waals surface area (Å²) in [6.45, 7) is 2.78. The highest BCUT2D eigenvalue weighted by Crippen LogP contribution is 2.25. The van der Waals surface area contributed by atoms with Crippen molar-refractivity contribution in [3.8, 4) is 6.07 Å². The van der Waals surface area contributed by atoms with Gasteiger partial charge in [-0.25, -0.2) is 9.97 Å². The molecule has 1 fully saturated rings. The minimum Gasteiger partial charge on any atom is -0.370 e. The molecule has 0 radical (unpaired) electrons. The van der Waals surface area contributed by atoms with Gasteiger partial charge in [0, 0.05) is 19.2 Å². The number of nitrogens with one attached hydrogen (secondary N) is 2. The first-order valence-corrected chi connectivity index (χ1v) is 8.69. The smallest absolute Gasteiger partial charge is 0.158 e. The minimum atomic E-state index is 0.293. The molecule has 3 rings (SSSR count). The highest BCUT2D eigenvalue weighted by Gasteiger charge is 2.24. The molecule has 7 nitrogen and oxygen atoms in total. The van der Waals surface area contributed by atoms with Crippen LogP contribution in [0.15, 0.2) is 35.0 Å². The van der Waals surface area contributed by atoms with Crippen molar-refractivity contribution in [2.75, 3.05) is 39.0 Å². The number of hydrogen-bond donors (Lipinski definition) is 2. The Labute approximate surface area is 153 Å². The number of aromatic nitrogens is 2. The monoisotopic (exact) mass is 359 g/mol. The maximum absolute atomic E-state index is 8.79. The Hall–Kier alpha value is -2.30. The van der Waals surface area contributed by atoms with Gasteiger partial charge in [0.25, 0.3) is 0 Å². The van der Waals surface area contributed by atoms with Crippen LogP contribution in [0, 0.1) is 11.3 Å². The van der Waals surface area contributed by atoms with Crippen LogP contribution in [0.3, 0.4) is 0 Å². The molecule has 1 saturated heterocycles. The summed E-state index contributed by atoms with van der Waals surface area (Å²) in [6, 6.07) is 2.45. The van der Waals surface area contributed by atoms with E-state index in [1.54, 1.807) is 6.20 Å². The lowest BCUT2D eigenvalue weighted by Gasteiger charge is -2.38. The van der Waals surface area contributed by atoms with E-state index in [2.05, 4.69) is 44.5 Å². The van der Waals surface area contributed by atoms with E-state index in [0.717, 1.165) is 42.5 Å². The Morgan fingerprint density at radius 2 is 2.12 bits per heavy atom. The number of allylic oxidation sites excluding steroid dienone is 1. The van der Waals surface area contributed by atoms with E-state index in [0.29, 0.717) is 24.1 Å². The van der Waals surface area contributed by atoms with Crippen LogP contribution in [-0.4, -0.2) is 59.5 Å². The zero-order chi connectivity index (χ0) is 17.8. The number of halogens is 1. The summed E-state index contributed by atoms with van der Waals surface area (Å²) < 4.78 is 0. The summed E-state index contributed by atoms with van der Waals surface area (Å²) in [4.78, 5) is 12.8. The van der Waals surface area contributed by atoms with Crippen molar-refractivity contribution in [1.82, 2.24) is 25.1 Å². The number of anilines is 1. The molecule has 1 aromatic heterocycles. The molecule has 132 valence electrons. The number of rotatable bonds is 4. The van der Waals surface area contributed by atoms with Crippen LogP contribution in [-0.2, 0) is 0 Å². The Bertz CT molecular complexity index is 712. The first kappa shape index (κ1) is 17.5. The number of likely N-dealkylation sites (N-methyl/N-ethyl adjacent to an activating group) is 1. The SMILES string of the molecule is CN1CCC(N(C)C2=C(Cl)CNC(Nc3cnc(C#N)cn3)=C2)CC1. The summed E-state index contributed by atoms with van der Waals surface area (Å²) in [5.74, 6) is 1.40. The highest BCUT2D eigenvalue weighted by atomic mass is 35.5. The van der Waals surface area contributed by atoms with Crippen molar-refractivity contribution >= 4 is 17.4 Å². The normalized spacial score (nSPS) is 19.0. The first-order valence-electron chi connectivity index (χ1n) is 8.31. The van der Waals surface area contributed by atoms with E-state index >= 15 is 0 Å². The summed E-state index contributed by atoms with van der Waals surface area (Å²) in [5, 5.41) is 16.0. The van der Waals surface area contributed by atoms with Gasteiger partial charge in [-0.05, 0) is 33.0 Å². The molecule has 1 aromatic rings. The molecule has 2 N–H and O–H groups in total. The summed E-state index contributed by atoms with van der Waals surface area (Å²) in [7, 11) is 4.27. The topological polar surface area (TPSA) is 80.1 Å². The molecule has 0 bridgehead atoms. The second-order valence-electron chi connectivity index (χ2n) is 6.37. The maximum Gasteiger partial charge on any atom is 0.158 e.